The van der Waals surface area contributed by atoms with Crippen LogP contribution in [0.4, 0.5) is 6.01 Å². The average molecular weight is 400 g/mol. The molecular formula is C22H20N6O2. The number of hydrogen-bond donors (Lipinski definition) is 1. The first kappa shape index (κ1) is 17.1. The topological polar surface area (TPSA) is 96.9 Å². The Hall–Kier alpha value is -3.81. The summed E-state index contributed by atoms with van der Waals surface area (Å²) >= 11 is 0. The van der Waals surface area contributed by atoms with Crippen LogP contribution in [0.15, 0.2) is 47.1 Å². The van der Waals surface area contributed by atoms with E-state index < -0.39 is 0 Å². The van der Waals surface area contributed by atoms with E-state index in [1.165, 1.54) is 0 Å². The average Bonchev–Trinajstić information content (AvgIpc) is 3.42. The second-order valence-electron chi connectivity index (χ2n) is 7.45. The molecule has 1 aliphatic heterocycles. The van der Waals surface area contributed by atoms with E-state index in [2.05, 4.69) is 33.7 Å². The van der Waals surface area contributed by atoms with Gasteiger partial charge in [0.25, 0.3) is 6.01 Å². The maximum absolute atomic E-state index is 6.11. The number of aryl methyl sites for hydroxylation is 2. The molecule has 2 N–H and O–H groups in total. The van der Waals surface area contributed by atoms with E-state index in [1.54, 1.807) is 0 Å². The Balaban J connectivity index is 1.56. The van der Waals surface area contributed by atoms with Crippen LogP contribution >= 0.6 is 0 Å². The van der Waals surface area contributed by atoms with Gasteiger partial charge in [-0.25, -0.2) is 4.98 Å². The minimum Gasteiger partial charge on any atom is -0.491 e. The first-order chi connectivity index (χ1) is 14.7. The number of nitrogen functional groups attached to an aromatic ring is 1. The Morgan fingerprint density at radius 1 is 1.07 bits per heavy atom. The number of ether oxygens (including phenoxy) is 1. The molecule has 2 aromatic carbocycles. The van der Waals surface area contributed by atoms with E-state index in [1.807, 2.05) is 35.3 Å². The molecule has 0 unspecified atom stereocenters. The summed E-state index contributed by atoms with van der Waals surface area (Å²) in [6.07, 6.45) is 4.84. The first-order valence-electron chi connectivity index (χ1n) is 10.1. The molecule has 3 aromatic heterocycles. The summed E-state index contributed by atoms with van der Waals surface area (Å²) in [4.78, 5) is 9.25. The Morgan fingerprint density at radius 3 is 2.83 bits per heavy atom. The number of aromatic nitrogens is 5. The Labute approximate surface area is 171 Å². The van der Waals surface area contributed by atoms with Crippen LogP contribution in [0.25, 0.3) is 44.6 Å². The number of anilines is 1. The summed E-state index contributed by atoms with van der Waals surface area (Å²) in [6, 6.07) is 10.2. The molecule has 0 spiro atoms. The second kappa shape index (κ2) is 6.35. The lowest BCUT2D eigenvalue weighted by atomic mass is 10.1. The molecule has 0 bridgehead atoms. The molecule has 0 saturated heterocycles. The summed E-state index contributed by atoms with van der Waals surface area (Å²) in [5.41, 5.74) is 12.1. The predicted octanol–water partition coefficient (Wildman–Crippen LogP) is 4.09. The quantitative estimate of drug-likeness (QED) is 0.490. The van der Waals surface area contributed by atoms with Crippen molar-refractivity contribution in [1.29, 1.82) is 0 Å². The molecule has 30 heavy (non-hydrogen) atoms. The van der Waals surface area contributed by atoms with Gasteiger partial charge in [-0.1, -0.05) is 0 Å². The molecule has 0 radical (unpaired) electrons. The fourth-order valence-electron chi connectivity index (χ4n) is 4.12. The molecule has 8 nitrogen and oxygen atoms in total. The van der Waals surface area contributed by atoms with Crippen molar-refractivity contribution >= 4 is 28.1 Å². The van der Waals surface area contributed by atoms with Crippen LogP contribution in [-0.2, 0) is 13.1 Å². The van der Waals surface area contributed by atoms with Gasteiger partial charge in [-0.2, -0.15) is 10.1 Å². The number of fused-ring (bicyclic) bond motifs is 1. The molecule has 0 aliphatic carbocycles. The van der Waals surface area contributed by atoms with E-state index in [0.29, 0.717) is 12.2 Å². The van der Waals surface area contributed by atoms with Gasteiger partial charge in [0.2, 0.25) is 0 Å². The van der Waals surface area contributed by atoms with Crippen molar-refractivity contribution in [1.82, 2.24) is 24.3 Å². The van der Waals surface area contributed by atoms with Crippen molar-refractivity contribution in [3.8, 4) is 28.3 Å². The van der Waals surface area contributed by atoms with Gasteiger partial charge in [0.05, 0.1) is 18.3 Å². The lowest BCUT2D eigenvalue weighted by Gasteiger charge is -2.07. The maximum Gasteiger partial charge on any atom is 0.292 e. The monoisotopic (exact) mass is 400 g/mol. The van der Waals surface area contributed by atoms with Crippen LogP contribution in [0.2, 0.25) is 0 Å². The van der Waals surface area contributed by atoms with Crippen molar-refractivity contribution in [2.24, 2.45) is 0 Å². The zero-order valence-electron chi connectivity index (χ0n) is 16.5. The standard InChI is InChI=1S/C22H20N6O2/c1-2-27-12-15(11-24-27)14-9-17-20-19(10-14)29-7-3-6-28(20)21(25-17)13-4-5-18-16(8-13)26-22(23)30-18/h4-5,8-12H,2-3,6-7H2,1H3,(H2,23,26). The van der Waals surface area contributed by atoms with E-state index in [0.717, 1.165) is 64.3 Å². The smallest absolute Gasteiger partial charge is 0.292 e. The van der Waals surface area contributed by atoms with E-state index >= 15 is 0 Å². The molecule has 0 atom stereocenters. The number of imidazole rings is 1. The lowest BCUT2D eigenvalue weighted by molar-refractivity contribution is 0.316. The van der Waals surface area contributed by atoms with Gasteiger partial charge in [0.1, 0.15) is 22.6 Å². The Kier molecular flexibility index (Phi) is 3.61. The highest BCUT2D eigenvalue weighted by molar-refractivity contribution is 5.91. The molecule has 4 heterocycles. The lowest BCUT2D eigenvalue weighted by Crippen LogP contribution is -2.01. The summed E-state index contributed by atoms with van der Waals surface area (Å²) in [6.45, 7) is 4.42. The van der Waals surface area contributed by atoms with Gasteiger partial charge < -0.3 is 19.5 Å². The zero-order chi connectivity index (χ0) is 20.2. The van der Waals surface area contributed by atoms with Gasteiger partial charge in [-0.15, -0.1) is 0 Å². The normalized spacial score (nSPS) is 13.6. The van der Waals surface area contributed by atoms with Crippen LogP contribution < -0.4 is 10.5 Å². The molecule has 6 rings (SSSR count). The molecule has 8 heteroatoms. The van der Waals surface area contributed by atoms with Crippen LogP contribution in [0.1, 0.15) is 13.3 Å². The van der Waals surface area contributed by atoms with Gasteiger partial charge in [-0.05, 0) is 49.2 Å². The predicted molar refractivity (Wildman–Crippen MR) is 114 cm³/mol. The maximum atomic E-state index is 6.11. The number of nitrogens with two attached hydrogens (primary N) is 1. The van der Waals surface area contributed by atoms with E-state index in [9.17, 15) is 0 Å². The van der Waals surface area contributed by atoms with Crippen LogP contribution in [0, 0.1) is 0 Å². The third-order valence-electron chi connectivity index (χ3n) is 5.54. The van der Waals surface area contributed by atoms with Gasteiger partial charge in [0, 0.05) is 30.4 Å². The molecule has 1 aliphatic rings. The number of benzene rings is 2. The SMILES string of the molecule is CCn1cc(-c2cc3c4c(c2)nc(-c2ccc5oc(N)nc5c2)n4CCCO3)cn1. The number of oxazole rings is 1. The number of nitrogens with zero attached hydrogens (tertiary/aromatic N) is 5. The third-order valence-corrected chi connectivity index (χ3v) is 5.54. The Bertz CT molecular complexity index is 1410. The fraction of sp³-hybridized carbons (Fsp3) is 0.227. The van der Waals surface area contributed by atoms with Crippen LogP contribution in [0.5, 0.6) is 5.75 Å². The molecule has 0 saturated carbocycles. The molecular weight excluding hydrogens is 380 g/mol. The second-order valence-corrected chi connectivity index (χ2v) is 7.45. The van der Waals surface area contributed by atoms with E-state index in [4.69, 9.17) is 19.9 Å². The summed E-state index contributed by atoms with van der Waals surface area (Å²) in [5, 5.41) is 4.40. The zero-order valence-corrected chi connectivity index (χ0v) is 16.5. The molecule has 0 fully saturated rings. The van der Waals surface area contributed by atoms with Crippen molar-refractivity contribution < 1.29 is 9.15 Å². The largest absolute Gasteiger partial charge is 0.491 e. The Morgan fingerprint density at radius 2 is 1.97 bits per heavy atom. The summed E-state index contributed by atoms with van der Waals surface area (Å²) in [5.74, 6) is 1.75. The van der Waals surface area contributed by atoms with Crippen LogP contribution in [-0.4, -0.2) is 30.9 Å². The molecule has 0 amide bonds. The highest BCUT2D eigenvalue weighted by Crippen LogP contribution is 2.37. The van der Waals surface area contributed by atoms with Crippen molar-refractivity contribution in [3.05, 3.63) is 42.7 Å². The minimum atomic E-state index is 0.168. The molecule has 150 valence electrons. The van der Waals surface area contributed by atoms with Crippen LogP contribution in [0.3, 0.4) is 0 Å². The van der Waals surface area contributed by atoms with Gasteiger partial charge in [0.15, 0.2) is 5.58 Å². The van der Waals surface area contributed by atoms with Gasteiger partial charge >= 0.3 is 0 Å². The highest BCUT2D eigenvalue weighted by Gasteiger charge is 2.21. The fourth-order valence-corrected chi connectivity index (χ4v) is 4.12. The van der Waals surface area contributed by atoms with Crippen molar-refractivity contribution in [2.75, 3.05) is 12.3 Å². The number of rotatable bonds is 3. The molecule has 5 aromatic rings. The number of hydrogen-bond acceptors (Lipinski definition) is 6. The van der Waals surface area contributed by atoms with E-state index in [-0.39, 0.29) is 6.01 Å². The third kappa shape index (κ3) is 2.57. The highest BCUT2D eigenvalue weighted by atomic mass is 16.5. The minimum absolute atomic E-state index is 0.168. The summed E-state index contributed by atoms with van der Waals surface area (Å²) in [7, 11) is 0. The first-order valence-corrected chi connectivity index (χ1v) is 10.1. The summed E-state index contributed by atoms with van der Waals surface area (Å²) < 4.78 is 15.7. The van der Waals surface area contributed by atoms with Crippen molar-refractivity contribution in [3.63, 3.8) is 0 Å². The van der Waals surface area contributed by atoms with Crippen molar-refractivity contribution in [2.45, 2.75) is 26.4 Å². The van der Waals surface area contributed by atoms with Gasteiger partial charge in [-0.3, -0.25) is 4.68 Å².